The number of likely N-dealkylation sites (tertiary alicyclic amines) is 1. The summed E-state index contributed by atoms with van der Waals surface area (Å²) in [5, 5.41) is 4.42. The Kier molecular flexibility index (Phi) is 5.77. The van der Waals surface area contributed by atoms with E-state index in [-0.39, 0.29) is 12.0 Å². The predicted octanol–water partition coefficient (Wildman–Crippen LogP) is 3.24. The van der Waals surface area contributed by atoms with Crippen LogP contribution in [-0.4, -0.2) is 46.9 Å². The first kappa shape index (κ1) is 18.6. The van der Waals surface area contributed by atoms with Crippen LogP contribution >= 0.6 is 0 Å². The maximum Gasteiger partial charge on any atom is 0.272 e. The third-order valence-electron chi connectivity index (χ3n) is 5.26. The SMILES string of the molecule is CCn1nc(C)cc1C(=O)N1CC[C@@H](OC)[C@@H](Cc2cccc(C)c2)C1. The molecule has 26 heavy (non-hydrogen) atoms. The highest BCUT2D eigenvalue weighted by Gasteiger charge is 2.33. The number of piperidine rings is 1. The van der Waals surface area contributed by atoms with Gasteiger partial charge in [-0.2, -0.15) is 5.10 Å². The molecule has 0 saturated carbocycles. The van der Waals surface area contributed by atoms with Crippen LogP contribution < -0.4 is 0 Å². The smallest absolute Gasteiger partial charge is 0.272 e. The number of rotatable bonds is 5. The Balaban J connectivity index is 1.76. The number of carbonyl (C=O) groups is 1. The number of hydrogen-bond acceptors (Lipinski definition) is 3. The van der Waals surface area contributed by atoms with Gasteiger partial charge in [0, 0.05) is 32.7 Å². The number of aryl methyl sites for hydroxylation is 3. The first-order chi connectivity index (χ1) is 12.5. The molecule has 1 aromatic carbocycles. The maximum atomic E-state index is 13.1. The van der Waals surface area contributed by atoms with E-state index < -0.39 is 0 Å². The van der Waals surface area contributed by atoms with E-state index >= 15 is 0 Å². The summed E-state index contributed by atoms with van der Waals surface area (Å²) in [6, 6.07) is 10.5. The zero-order valence-corrected chi connectivity index (χ0v) is 16.2. The van der Waals surface area contributed by atoms with Crippen molar-refractivity contribution < 1.29 is 9.53 Å². The van der Waals surface area contributed by atoms with Crippen LogP contribution in [0.1, 0.15) is 40.7 Å². The highest BCUT2D eigenvalue weighted by atomic mass is 16.5. The second kappa shape index (κ2) is 8.04. The zero-order chi connectivity index (χ0) is 18.7. The molecular formula is C21H29N3O2. The van der Waals surface area contributed by atoms with Gasteiger partial charge in [0.2, 0.25) is 0 Å². The Morgan fingerprint density at radius 1 is 1.31 bits per heavy atom. The summed E-state index contributed by atoms with van der Waals surface area (Å²) >= 11 is 0. The lowest BCUT2D eigenvalue weighted by Gasteiger charge is -2.38. The van der Waals surface area contributed by atoms with Crippen LogP contribution in [0.25, 0.3) is 0 Å². The quantitative estimate of drug-likeness (QED) is 0.827. The minimum Gasteiger partial charge on any atom is -0.381 e. The monoisotopic (exact) mass is 355 g/mol. The van der Waals surface area contributed by atoms with E-state index in [2.05, 4.69) is 36.3 Å². The van der Waals surface area contributed by atoms with Crippen molar-refractivity contribution in [3.8, 4) is 0 Å². The average Bonchev–Trinajstić information content (AvgIpc) is 3.02. The number of nitrogens with zero attached hydrogens (tertiary/aromatic N) is 3. The number of benzene rings is 1. The molecule has 1 aromatic heterocycles. The first-order valence-corrected chi connectivity index (χ1v) is 9.44. The topological polar surface area (TPSA) is 47.4 Å². The number of hydrogen-bond donors (Lipinski definition) is 0. The van der Waals surface area contributed by atoms with Crippen LogP contribution in [-0.2, 0) is 17.7 Å². The van der Waals surface area contributed by atoms with Crippen molar-refractivity contribution in [2.45, 2.75) is 46.3 Å². The molecular weight excluding hydrogens is 326 g/mol. The van der Waals surface area contributed by atoms with Crippen molar-refractivity contribution in [3.05, 3.63) is 52.8 Å². The lowest BCUT2D eigenvalue weighted by atomic mass is 9.88. The molecule has 140 valence electrons. The third-order valence-corrected chi connectivity index (χ3v) is 5.26. The van der Waals surface area contributed by atoms with Crippen molar-refractivity contribution in [2.75, 3.05) is 20.2 Å². The van der Waals surface area contributed by atoms with E-state index in [1.165, 1.54) is 11.1 Å². The number of methoxy groups -OCH3 is 1. The molecule has 0 spiro atoms. The summed E-state index contributed by atoms with van der Waals surface area (Å²) in [5.74, 6) is 0.384. The zero-order valence-electron chi connectivity index (χ0n) is 16.2. The molecule has 0 bridgehead atoms. The maximum absolute atomic E-state index is 13.1. The lowest BCUT2D eigenvalue weighted by molar-refractivity contribution is -0.00335. The molecule has 1 aliphatic rings. The second-order valence-corrected chi connectivity index (χ2v) is 7.25. The van der Waals surface area contributed by atoms with Gasteiger partial charge in [0.15, 0.2) is 0 Å². The molecule has 0 N–H and O–H groups in total. The van der Waals surface area contributed by atoms with Crippen molar-refractivity contribution >= 4 is 5.91 Å². The molecule has 2 atom stereocenters. The van der Waals surface area contributed by atoms with Gasteiger partial charge < -0.3 is 9.64 Å². The number of aromatic nitrogens is 2. The van der Waals surface area contributed by atoms with Gasteiger partial charge in [-0.3, -0.25) is 9.48 Å². The van der Waals surface area contributed by atoms with Crippen molar-refractivity contribution in [1.82, 2.24) is 14.7 Å². The van der Waals surface area contributed by atoms with Crippen LogP contribution in [0.2, 0.25) is 0 Å². The van der Waals surface area contributed by atoms with Crippen LogP contribution in [0.4, 0.5) is 0 Å². The van der Waals surface area contributed by atoms with E-state index in [0.29, 0.717) is 18.2 Å². The van der Waals surface area contributed by atoms with Gasteiger partial charge >= 0.3 is 0 Å². The Hall–Kier alpha value is -2.14. The van der Waals surface area contributed by atoms with Gasteiger partial charge in [0.25, 0.3) is 5.91 Å². The summed E-state index contributed by atoms with van der Waals surface area (Å²) in [5.41, 5.74) is 4.15. The predicted molar refractivity (Wildman–Crippen MR) is 102 cm³/mol. The minimum absolute atomic E-state index is 0.0799. The molecule has 1 amide bonds. The first-order valence-electron chi connectivity index (χ1n) is 9.44. The van der Waals surface area contributed by atoms with E-state index in [1.54, 1.807) is 11.8 Å². The Labute approximate surface area is 156 Å². The van der Waals surface area contributed by atoms with Gasteiger partial charge in [-0.25, -0.2) is 0 Å². The Morgan fingerprint density at radius 3 is 2.81 bits per heavy atom. The van der Waals surface area contributed by atoms with E-state index in [0.717, 1.165) is 31.6 Å². The number of amides is 1. The molecule has 0 radical (unpaired) electrons. The minimum atomic E-state index is 0.0799. The van der Waals surface area contributed by atoms with Crippen molar-refractivity contribution in [3.63, 3.8) is 0 Å². The van der Waals surface area contributed by atoms with Crippen LogP contribution in [0.5, 0.6) is 0 Å². The van der Waals surface area contributed by atoms with Crippen LogP contribution in [0, 0.1) is 19.8 Å². The van der Waals surface area contributed by atoms with Crippen LogP contribution in [0.15, 0.2) is 30.3 Å². The third kappa shape index (κ3) is 3.98. The second-order valence-electron chi connectivity index (χ2n) is 7.25. The van der Waals surface area contributed by atoms with Crippen molar-refractivity contribution in [2.24, 2.45) is 5.92 Å². The number of ether oxygens (including phenoxy) is 1. The van der Waals surface area contributed by atoms with Gasteiger partial charge in [-0.15, -0.1) is 0 Å². The summed E-state index contributed by atoms with van der Waals surface area (Å²) in [7, 11) is 1.78. The number of carbonyl (C=O) groups excluding carboxylic acids is 1. The fourth-order valence-electron chi connectivity index (χ4n) is 3.96. The molecule has 1 aliphatic heterocycles. The molecule has 1 fully saturated rings. The summed E-state index contributed by atoms with van der Waals surface area (Å²) < 4.78 is 7.53. The molecule has 5 nitrogen and oxygen atoms in total. The molecule has 2 aromatic rings. The fraction of sp³-hybridized carbons (Fsp3) is 0.524. The highest BCUT2D eigenvalue weighted by Crippen LogP contribution is 2.25. The Bertz CT molecular complexity index is 768. The van der Waals surface area contributed by atoms with E-state index in [1.807, 2.05) is 24.8 Å². The standard InChI is InChI=1S/C21H29N3O2/c1-5-24-19(12-16(3)22-24)21(25)23-10-9-20(26-4)18(14-23)13-17-8-6-7-15(2)11-17/h6-8,11-12,18,20H,5,9-10,13-14H2,1-4H3/t18-,20+/m0/s1. The molecule has 3 rings (SSSR count). The molecule has 5 heteroatoms. The summed E-state index contributed by atoms with van der Waals surface area (Å²) in [6.45, 7) is 8.22. The molecule has 0 aliphatic carbocycles. The van der Waals surface area contributed by atoms with Gasteiger partial charge in [-0.05, 0) is 45.2 Å². The van der Waals surface area contributed by atoms with E-state index in [4.69, 9.17) is 4.74 Å². The highest BCUT2D eigenvalue weighted by molar-refractivity contribution is 5.92. The van der Waals surface area contributed by atoms with E-state index in [9.17, 15) is 4.79 Å². The molecule has 0 unspecified atom stereocenters. The fourth-order valence-corrected chi connectivity index (χ4v) is 3.96. The average molecular weight is 355 g/mol. The van der Waals surface area contributed by atoms with Crippen molar-refractivity contribution in [1.29, 1.82) is 0 Å². The van der Waals surface area contributed by atoms with Gasteiger partial charge in [0.05, 0.1) is 11.8 Å². The molecule has 2 heterocycles. The van der Waals surface area contributed by atoms with Gasteiger partial charge in [0.1, 0.15) is 5.69 Å². The largest absolute Gasteiger partial charge is 0.381 e. The Morgan fingerprint density at radius 2 is 2.12 bits per heavy atom. The van der Waals surface area contributed by atoms with Crippen LogP contribution in [0.3, 0.4) is 0 Å². The normalized spacial score (nSPS) is 20.4. The molecule has 1 saturated heterocycles. The lowest BCUT2D eigenvalue weighted by Crippen LogP contribution is -2.47. The summed E-state index contributed by atoms with van der Waals surface area (Å²) in [6.07, 6.45) is 1.99. The van der Waals surface area contributed by atoms with Gasteiger partial charge in [-0.1, -0.05) is 29.8 Å². The summed E-state index contributed by atoms with van der Waals surface area (Å²) in [4.78, 5) is 15.0.